The molecule has 3 N–H and O–H groups in total. The van der Waals surface area contributed by atoms with Crippen LogP contribution < -0.4 is 10.6 Å². The second-order valence-corrected chi connectivity index (χ2v) is 18.1. The summed E-state index contributed by atoms with van der Waals surface area (Å²) >= 11 is 0. The molecule has 350 valence electrons. The number of esters is 2. The van der Waals surface area contributed by atoms with Crippen LogP contribution in [0, 0.1) is 0 Å². The van der Waals surface area contributed by atoms with Gasteiger partial charge in [0, 0.05) is 26.1 Å². The van der Waals surface area contributed by atoms with Gasteiger partial charge in [-0.15, -0.1) is 0 Å². The molecule has 12 nitrogen and oxygen atoms in total. The Labute approximate surface area is 361 Å². The lowest BCUT2D eigenvalue weighted by Gasteiger charge is -2.20. The van der Waals surface area contributed by atoms with Crippen LogP contribution in [0.1, 0.15) is 219 Å². The molecule has 2 atom stereocenters. The number of carbonyl (C=O) groups excluding carboxylic acids is 3. The lowest BCUT2D eigenvalue weighted by Crippen LogP contribution is -2.39. The number of nitrogens with zero attached hydrogens (tertiary/aromatic N) is 1. The van der Waals surface area contributed by atoms with Crippen molar-refractivity contribution in [3.8, 4) is 0 Å². The average Bonchev–Trinajstić information content (AvgIpc) is 3.20. The predicted octanol–water partition coefficient (Wildman–Crippen LogP) is 11.3. The van der Waals surface area contributed by atoms with E-state index >= 15 is 0 Å². The first-order valence-corrected chi connectivity index (χ1v) is 25.7. The fourth-order valence-electron chi connectivity index (χ4n) is 7.09. The van der Waals surface area contributed by atoms with E-state index in [1.165, 1.54) is 148 Å². The minimum Gasteiger partial charge on any atom is -0.462 e. The van der Waals surface area contributed by atoms with Crippen molar-refractivity contribution in [1.29, 1.82) is 0 Å². The zero-order valence-corrected chi connectivity index (χ0v) is 39.4. The van der Waals surface area contributed by atoms with E-state index in [1.54, 1.807) is 19.0 Å². The number of phosphoric acid groups is 1. The summed E-state index contributed by atoms with van der Waals surface area (Å²) in [7, 11) is -0.979. The molecule has 0 aliphatic heterocycles. The van der Waals surface area contributed by atoms with E-state index in [0.717, 1.165) is 38.5 Å². The van der Waals surface area contributed by atoms with Crippen molar-refractivity contribution < 1.29 is 42.4 Å². The summed E-state index contributed by atoms with van der Waals surface area (Å²) in [5.41, 5.74) is 0. The number of unbranched alkanes of at least 4 members (excludes halogenated alkanes) is 28. The molecular formula is C46H92N3O9P. The Morgan fingerprint density at radius 2 is 0.966 bits per heavy atom. The molecule has 0 fully saturated rings. The van der Waals surface area contributed by atoms with Gasteiger partial charge >= 0.3 is 19.8 Å². The molecule has 0 aliphatic rings. The predicted molar refractivity (Wildman–Crippen MR) is 241 cm³/mol. The van der Waals surface area contributed by atoms with Crippen molar-refractivity contribution in [2.75, 3.05) is 53.7 Å². The Hall–Kier alpha value is -1.56. The summed E-state index contributed by atoms with van der Waals surface area (Å²) in [6.07, 6.45) is 36.4. The van der Waals surface area contributed by atoms with Crippen LogP contribution in [0.5, 0.6) is 0 Å². The molecule has 0 saturated carbocycles. The van der Waals surface area contributed by atoms with Crippen LogP contribution >= 0.6 is 7.82 Å². The zero-order chi connectivity index (χ0) is 43.5. The summed E-state index contributed by atoms with van der Waals surface area (Å²) in [4.78, 5) is 49.4. The molecule has 0 aromatic rings. The number of likely N-dealkylation sites (N-methyl/N-ethyl adjacent to an activating group) is 1. The Morgan fingerprint density at radius 3 is 1.37 bits per heavy atom. The zero-order valence-electron chi connectivity index (χ0n) is 38.6. The van der Waals surface area contributed by atoms with Gasteiger partial charge in [0.05, 0.1) is 19.8 Å². The molecule has 0 saturated heterocycles. The van der Waals surface area contributed by atoms with Gasteiger partial charge in [-0.25, -0.2) is 4.57 Å². The van der Waals surface area contributed by atoms with Gasteiger partial charge < -0.3 is 25.0 Å². The lowest BCUT2D eigenvalue weighted by atomic mass is 10.0. The molecule has 0 spiro atoms. The first-order chi connectivity index (χ1) is 28.6. The quantitative estimate of drug-likeness (QED) is 0.0232. The van der Waals surface area contributed by atoms with Crippen molar-refractivity contribution in [3.05, 3.63) is 0 Å². The third kappa shape index (κ3) is 42.9. The molecule has 0 bridgehead atoms. The fourth-order valence-corrected chi connectivity index (χ4v) is 7.84. The Bertz CT molecular complexity index is 1020. The van der Waals surface area contributed by atoms with Gasteiger partial charge in [0.15, 0.2) is 6.10 Å². The standard InChI is InChI=1S/C46H92N3O9P/c1-5-7-9-11-13-15-17-19-21-23-25-27-29-31-33-35-45(51)55-40-43(41-57-59(53,54)56-38-37-48-44(50)39-49(4)42-47-3)58-46(52)36-34-32-30-28-26-24-22-20-18-16-14-12-10-8-6-2/h43,47H,5-42H2,1-4H3,(H,48,50)(H,53,54). The second kappa shape index (κ2) is 43.1. The maximum absolute atomic E-state index is 12.7. The highest BCUT2D eigenvalue weighted by Crippen LogP contribution is 2.43. The van der Waals surface area contributed by atoms with E-state index in [4.69, 9.17) is 18.5 Å². The van der Waals surface area contributed by atoms with E-state index < -0.39 is 32.5 Å². The van der Waals surface area contributed by atoms with Crippen LogP contribution in [0.25, 0.3) is 0 Å². The van der Waals surface area contributed by atoms with Gasteiger partial charge in [-0.2, -0.15) is 0 Å². The molecule has 1 amide bonds. The monoisotopic (exact) mass is 862 g/mol. The number of ether oxygens (including phenoxy) is 2. The van der Waals surface area contributed by atoms with Crippen LogP contribution in [0.2, 0.25) is 0 Å². The minimum atomic E-state index is -4.54. The van der Waals surface area contributed by atoms with Crippen LogP contribution in [-0.4, -0.2) is 87.4 Å². The first-order valence-electron chi connectivity index (χ1n) is 24.2. The number of amides is 1. The fraction of sp³-hybridized carbons (Fsp3) is 0.935. The molecule has 59 heavy (non-hydrogen) atoms. The highest BCUT2D eigenvalue weighted by atomic mass is 31.2. The van der Waals surface area contributed by atoms with Crippen LogP contribution in [-0.2, 0) is 37.5 Å². The largest absolute Gasteiger partial charge is 0.472 e. The normalized spacial score (nSPS) is 13.1. The van der Waals surface area contributed by atoms with Gasteiger partial charge in [0.2, 0.25) is 5.91 Å². The lowest BCUT2D eigenvalue weighted by molar-refractivity contribution is -0.161. The topological polar surface area (TPSA) is 153 Å². The molecule has 0 aromatic heterocycles. The highest BCUT2D eigenvalue weighted by Gasteiger charge is 2.26. The van der Waals surface area contributed by atoms with Gasteiger partial charge in [-0.05, 0) is 26.9 Å². The van der Waals surface area contributed by atoms with Gasteiger partial charge in [0.25, 0.3) is 0 Å². The SMILES string of the molecule is CCCCCCCCCCCCCCCCCC(=O)OCC(COP(=O)(O)OCCNC(=O)CN(C)CNC)OC(=O)CCCCCCCCCCCCCCCCC. The van der Waals surface area contributed by atoms with Gasteiger partial charge in [-0.3, -0.25) is 28.3 Å². The molecule has 0 aliphatic carbocycles. The number of carbonyl (C=O) groups is 3. The summed E-state index contributed by atoms with van der Waals surface area (Å²) < 4.78 is 33.7. The van der Waals surface area contributed by atoms with Crippen LogP contribution in [0.15, 0.2) is 0 Å². The van der Waals surface area contributed by atoms with Crippen LogP contribution in [0.3, 0.4) is 0 Å². The van der Waals surface area contributed by atoms with Gasteiger partial charge in [0.1, 0.15) is 6.61 Å². The molecule has 0 aromatic carbocycles. The van der Waals surface area contributed by atoms with Crippen molar-refractivity contribution in [3.63, 3.8) is 0 Å². The highest BCUT2D eigenvalue weighted by molar-refractivity contribution is 7.47. The first kappa shape index (κ1) is 57.4. The van der Waals surface area contributed by atoms with E-state index in [1.807, 2.05) is 0 Å². The smallest absolute Gasteiger partial charge is 0.462 e. The maximum atomic E-state index is 12.7. The Morgan fingerprint density at radius 1 is 0.576 bits per heavy atom. The summed E-state index contributed by atoms with van der Waals surface area (Å²) in [6.45, 7) is 4.19. The van der Waals surface area contributed by atoms with Gasteiger partial charge in [-0.1, -0.05) is 194 Å². The second-order valence-electron chi connectivity index (χ2n) is 16.7. The molecular weight excluding hydrogens is 769 g/mol. The van der Waals surface area contributed by atoms with E-state index in [2.05, 4.69) is 24.5 Å². The number of phosphoric ester groups is 1. The van der Waals surface area contributed by atoms with E-state index in [9.17, 15) is 23.8 Å². The maximum Gasteiger partial charge on any atom is 0.472 e. The van der Waals surface area contributed by atoms with Crippen LogP contribution in [0.4, 0.5) is 0 Å². The summed E-state index contributed by atoms with van der Waals surface area (Å²) in [5.74, 6) is -1.12. The van der Waals surface area contributed by atoms with Crippen molar-refractivity contribution in [2.24, 2.45) is 0 Å². The molecule has 0 radical (unpaired) electrons. The third-order valence-electron chi connectivity index (χ3n) is 10.6. The number of rotatable bonds is 46. The summed E-state index contributed by atoms with van der Waals surface area (Å²) in [6, 6.07) is 0. The van der Waals surface area contributed by atoms with E-state index in [0.29, 0.717) is 13.1 Å². The summed E-state index contributed by atoms with van der Waals surface area (Å²) in [5, 5.41) is 5.57. The van der Waals surface area contributed by atoms with Crippen molar-refractivity contribution in [2.45, 2.75) is 225 Å². The molecule has 2 unspecified atom stereocenters. The molecule has 13 heteroatoms. The van der Waals surface area contributed by atoms with E-state index in [-0.39, 0.29) is 45.1 Å². The number of nitrogens with one attached hydrogen (secondary N) is 2. The Kier molecular flexibility index (Phi) is 42.0. The van der Waals surface area contributed by atoms with Crippen molar-refractivity contribution in [1.82, 2.24) is 15.5 Å². The average molecular weight is 862 g/mol. The Balaban J connectivity index is 4.47. The van der Waals surface area contributed by atoms with Crippen molar-refractivity contribution >= 4 is 25.7 Å². The number of hydrogen-bond donors (Lipinski definition) is 3. The minimum absolute atomic E-state index is 0.00866. The molecule has 0 heterocycles. The molecule has 0 rings (SSSR count). The number of hydrogen-bond acceptors (Lipinski definition) is 10. The third-order valence-corrected chi connectivity index (χ3v) is 11.6.